The average molecular weight is 325 g/mol. The molecule has 1 aliphatic heterocycles. The Morgan fingerprint density at radius 2 is 1.83 bits per heavy atom. The van der Waals surface area contributed by atoms with E-state index in [1.54, 1.807) is 18.0 Å². The van der Waals surface area contributed by atoms with Crippen molar-refractivity contribution in [1.29, 1.82) is 0 Å². The van der Waals surface area contributed by atoms with Crippen LogP contribution in [0, 0.1) is 6.92 Å². The number of aromatic nitrogens is 1. The van der Waals surface area contributed by atoms with Crippen molar-refractivity contribution in [1.82, 2.24) is 15.2 Å². The van der Waals surface area contributed by atoms with Crippen molar-refractivity contribution in [2.75, 3.05) is 13.1 Å². The summed E-state index contributed by atoms with van der Waals surface area (Å²) in [5.74, 6) is 0.319. The highest BCUT2D eigenvalue weighted by Crippen LogP contribution is 2.50. The fraction of sp³-hybridized carbons (Fsp3) is 0.389. The van der Waals surface area contributed by atoms with Crippen molar-refractivity contribution in [3.8, 4) is 0 Å². The van der Waals surface area contributed by atoms with Crippen LogP contribution in [0.3, 0.4) is 0 Å². The molecule has 0 bridgehead atoms. The first-order chi connectivity index (χ1) is 11.6. The highest BCUT2D eigenvalue weighted by molar-refractivity contribution is 5.97. The van der Waals surface area contributed by atoms with Gasteiger partial charge in [0.25, 0.3) is 11.8 Å². The Hall–Kier alpha value is -2.63. The third-order valence-corrected chi connectivity index (χ3v) is 4.83. The van der Waals surface area contributed by atoms with Gasteiger partial charge in [0, 0.05) is 19.2 Å². The Bertz CT molecular complexity index is 780. The minimum atomic E-state index is -0.468. The molecule has 2 amide bonds. The van der Waals surface area contributed by atoms with Gasteiger partial charge in [0.1, 0.15) is 5.76 Å². The lowest BCUT2D eigenvalue weighted by Gasteiger charge is -2.30. The number of benzene rings is 1. The van der Waals surface area contributed by atoms with Crippen molar-refractivity contribution in [3.05, 3.63) is 53.4 Å². The zero-order valence-electron chi connectivity index (χ0n) is 13.6. The van der Waals surface area contributed by atoms with Crippen molar-refractivity contribution in [3.63, 3.8) is 0 Å². The molecule has 0 unspecified atom stereocenters. The van der Waals surface area contributed by atoms with Gasteiger partial charge in [-0.05, 0) is 31.7 Å². The molecule has 0 radical (unpaired) electrons. The summed E-state index contributed by atoms with van der Waals surface area (Å²) in [6, 6.07) is 11.4. The topological polar surface area (TPSA) is 66.7 Å². The summed E-state index contributed by atoms with van der Waals surface area (Å²) in [6.07, 6.45) is 2.44. The lowest BCUT2D eigenvalue weighted by atomic mass is 9.95. The van der Waals surface area contributed by atoms with E-state index in [9.17, 15) is 9.59 Å². The smallest absolute Gasteiger partial charge is 0.294 e. The number of carbonyl (C=O) groups excluding carboxylic acids is 2. The zero-order chi connectivity index (χ0) is 16.7. The third kappa shape index (κ3) is 2.29. The van der Waals surface area contributed by atoms with E-state index in [0.717, 1.165) is 24.8 Å². The van der Waals surface area contributed by atoms with E-state index in [0.29, 0.717) is 18.8 Å². The van der Waals surface area contributed by atoms with E-state index in [4.69, 9.17) is 4.52 Å². The first-order valence-corrected chi connectivity index (χ1v) is 8.24. The molecule has 0 spiro atoms. The monoisotopic (exact) mass is 325 g/mol. The maximum atomic E-state index is 13.2. The quantitative estimate of drug-likeness (QED) is 0.868. The molecule has 1 saturated carbocycles. The summed E-state index contributed by atoms with van der Waals surface area (Å²) in [7, 11) is 0. The van der Waals surface area contributed by atoms with Gasteiger partial charge in [-0.3, -0.25) is 14.6 Å². The molecule has 1 saturated heterocycles. The van der Waals surface area contributed by atoms with Crippen LogP contribution in [0.4, 0.5) is 0 Å². The second-order valence-electron chi connectivity index (χ2n) is 6.48. The van der Waals surface area contributed by atoms with E-state index < -0.39 is 5.41 Å². The number of amides is 2. The Morgan fingerprint density at radius 1 is 1.12 bits per heavy atom. The summed E-state index contributed by atoms with van der Waals surface area (Å²) in [6.45, 7) is 2.84. The number of hydrogen-bond donors (Lipinski definition) is 0. The second-order valence-corrected chi connectivity index (χ2v) is 6.48. The predicted molar refractivity (Wildman–Crippen MR) is 86.0 cm³/mol. The first-order valence-electron chi connectivity index (χ1n) is 8.24. The molecule has 124 valence electrons. The van der Waals surface area contributed by atoms with Crippen LogP contribution in [-0.2, 0) is 10.2 Å². The molecule has 4 rings (SSSR count). The van der Waals surface area contributed by atoms with Gasteiger partial charge in [-0.15, -0.1) is 0 Å². The van der Waals surface area contributed by atoms with Crippen molar-refractivity contribution in [2.24, 2.45) is 0 Å². The highest BCUT2D eigenvalue weighted by atomic mass is 16.5. The van der Waals surface area contributed by atoms with E-state index in [1.165, 1.54) is 5.01 Å². The number of rotatable bonds is 3. The molecule has 1 aliphatic carbocycles. The fourth-order valence-corrected chi connectivity index (χ4v) is 3.39. The maximum Gasteiger partial charge on any atom is 0.294 e. The Kier molecular flexibility index (Phi) is 3.40. The molecule has 1 aromatic carbocycles. The number of carbonyl (C=O) groups is 2. The number of nitrogens with zero attached hydrogens (tertiary/aromatic N) is 3. The normalized spacial score (nSPS) is 18.7. The van der Waals surface area contributed by atoms with Crippen molar-refractivity contribution < 1.29 is 14.1 Å². The van der Waals surface area contributed by atoms with E-state index in [2.05, 4.69) is 5.16 Å². The van der Waals surface area contributed by atoms with Gasteiger partial charge in [-0.25, -0.2) is 5.01 Å². The Balaban J connectivity index is 1.59. The van der Waals surface area contributed by atoms with E-state index >= 15 is 0 Å². The Morgan fingerprint density at radius 3 is 2.46 bits per heavy atom. The summed E-state index contributed by atoms with van der Waals surface area (Å²) >= 11 is 0. The van der Waals surface area contributed by atoms with Gasteiger partial charge in [0.2, 0.25) is 0 Å². The molecule has 0 atom stereocenters. The van der Waals surface area contributed by atoms with Crippen LogP contribution in [0.1, 0.15) is 41.1 Å². The van der Waals surface area contributed by atoms with Crippen molar-refractivity contribution in [2.45, 2.75) is 31.6 Å². The fourth-order valence-electron chi connectivity index (χ4n) is 3.39. The molecular weight excluding hydrogens is 306 g/mol. The summed E-state index contributed by atoms with van der Waals surface area (Å²) < 4.78 is 4.99. The van der Waals surface area contributed by atoms with E-state index in [1.807, 2.05) is 30.3 Å². The van der Waals surface area contributed by atoms with Crippen LogP contribution < -0.4 is 0 Å². The second kappa shape index (κ2) is 5.47. The van der Waals surface area contributed by atoms with Crippen LogP contribution in [0.5, 0.6) is 0 Å². The Labute approximate surface area is 140 Å². The number of aryl methyl sites for hydroxylation is 1. The molecule has 6 heteroatoms. The molecule has 1 aromatic heterocycles. The predicted octanol–water partition coefficient (Wildman–Crippen LogP) is 2.30. The molecule has 2 heterocycles. The van der Waals surface area contributed by atoms with E-state index in [-0.39, 0.29) is 17.5 Å². The molecule has 6 nitrogen and oxygen atoms in total. The third-order valence-electron chi connectivity index (χ3n) is 4.83. The molecule has 2 fully saturated rings. The number of hydrogen-bond acceptors (Lipinski definition) is 4. The molecule has 24 heavy (non-hydrogen) atoms. The highest BCUT2D eigenvalue weighted by Gasteiger charge is 2.55. The van der Waals surface area contributed by atoms with Crippen LogP contribution in [-0.4, -0.2) is 40.1 Å². The first kappa shape index (κ1) is 14.9. The molecule has 2 aliphatic rings. The number of hydrazine groups is 1. The largest absolute Gasteiger partial charge is 0.361 e. The van der Waals surface area contributed by atoms with Crippen LogP contribution in [0.2, 0.25) is 0 Å². The van der Waals surface area contributed by atoms with Gasteiger partial charge >= 0.3 is 0 Å². The maximum absolute atomic E-state index is 13.2. The van der Waals surface area contributed by atoms with Gasteiger partial charge in [-0.1, -0.05) is 35.5 Å². The molecule has 0 N–H and O–H groups in total. The summed E-state index contributed by atoms with van der Waals surface area (Å²) in [4.78, 5) is 25.8. The lowest BCUT2D eigenvalue weighted by molar-refractivity contribution is -0.143. The minimum absolute atomic E-state index is 0.0137. The summed E-state index contributed by atoms with van der Waals surface area (Å²) in [5.41, 5.74) is 0.812. The van der Waals surface area contributed by atoms with Gasteiger partial charge in [0.15, 0.2) is 5.69 Å². The van der Waals surface area contributed by atoms with Crippen LogP contribution in [0.15, 0.2) is 40.9 Å². The minimum Gasteiger partial charge on any atom is -0.361 e. The SMILES string of the molecule is Cc1cc(C(=O)N2CCCN2C(=O)C2(c3ccccc3)CC2)no1. The van der Waals surface area contributed by atoms with Gasteiger partial charge in [-0.2, -0.15) is 0 Å². The lowest BCUT2D eigenvalue weighted by Crippen LogP contribution is -2.49. The van der Waals surface area contributed by atoms with Gasteiger partial charge < -0.3 is 4.52 Å². The standard InChI is InChI=1S/C18H19N3O3/c1-13-12-15(19-24-13)16(22)20-10-5-11-21(20)17(23)18(8-9-18)14-6-3-2-4-7-14/h2-4,6-7,12H,5,8-11H2,1H3. The molecular formula is C18H19N3O3. The zero-order valence-corrected chi connectivity index (χ0v) is 13.6. The van der Waals surface area contributed by atoms with Crippen molar-refractivity contribution >= 4 is 11.8 Å². The van der Waals surface area contributed by atoms with Crippen LogP contribution in [0.25, 0.3) is 0 Å². The van der Waals surface area contributed by atoms with Crippen LogP contribution >= 0.6 is 0 Å². The van der Waals surface area contributed by atoms with Gasteiger partial charge in [0.05, 0.1) is 5.41 Å². The summed E-state index contributed by atoms with van der Waals surface area (Å²) in [5, 5.41) is 6.91. The average Bonchev–Trinajstić information content (AvgIpc) is 3.07. The molecule has 2 aromatic rings.